The molecule has 78 valence electrons. The maximum atomic E-state index is 6.15. The van der Waals surface area contributed by atoms with E-state index in [1.807, 2.05) is 12.1 Å². The second kappa shape index (κ2) is 3.39. The van der Waals surface area contributed by atoms with E-state index in [9.17, 15) is 0 Å². The zero-order chi connectivity index (χ0) is 10.4. The summed E-state index contributed by atoms with van der Waals surface area (Å²) in [5, 5.41) is 1.47. The Bertz CT molecular complexity index is 454. The Balaban J connectivity index is 2.18. The average molecular weight is 241 g/mol. The molecule has 2 aliphatic rings. The summed E-state index contributed by atoms with van der Waals surface area (Å²) in [7, 11) is 0. The summed E-state index contributed by atoms with van der Waals surface area (Å²) in [5.74, 6) is 1.16. The Morgan fingerprint density at radius 3 is 2.87 bits per heavy atom. The highest BCUT2D eigenvalue weighted by atomic mass is 35.5. The number of nitrogens with zero attached hydrogens (tertiary/aromatic N) is 2. The lowest BCUT2D eigenvalue weighted by molar-refractivity contribution is 0.443. The van der Waals surface area contributed by atoms with Gasteiger partial charge >= 0.3 is 0 Å². The zero-order valence-electron chi connectivity index (χ0n) is 8.13. The van der Waals surface area contributed by atoms with Crippen LogP contribution in [0.2, 0.25) is 10.0 Å². The minimum absolute atomic E-state index is 0.702. The molecule has 0 saturated carbocycles. The zero-order valence-corrected chi connectivity index (χ0v) is 9.65. The molecule has 0 N–H and O–H groups in total. The van der Waals surface area contributed by atoms with E-state index in [2.05, 4.69) is 9.89 Å². The molecular weight excluding hydrogens is 231 g/mol. The van der Waals surface area contributed by atoms with Crippen LogP contribution < -0.4 is 0 Å². The highest BCUT2D eigenvalue weighted by molar-refractivity contribution is 6.36. The van der Waals surface area contributed by atoms with Crippen molar-refractivity contribution in [2.75, 3.05) is 6.54 Å². The Kier molecular flexibility index (Phi) is 2.15. The quantitative estimate of drug-likeness (QED) is 0.677. The Morgan fingerprint density at radius 1 is 1.20 bits per heavy atom. The fourth-order valence-corrected chi connectivity index (χ4v) is 2.62. The van der Waals surface area contributed by atoms with Crippen LogP contribution in [0.1, 0.15) is 18.4 Å². The number of hydrogen-bond acceptors (Lipinski definition) is 2. The van der Waals surface area contributed by atoms with Gasteiger partial charge in [0.25, 0.3) is 0 Å². The van der Waals surface area contributed by atoms with E-state index in [0.29, 0.717) is 5.02 Å². The van der Waals surface area contributed by atoms with Crippen molar-refractivity contribution in [1.29, 1.82) is 0 Å². The third kappa shape index (κ3) is 1.44. The number of benzene rings is 1. The first kappa shape index (κ1) is 9.49. The third-order valence-corrected chi connectivity index (χ3v) is 3.62. The van der Waals surface area contributed by atoms with Gasteiger partial charge in [-0.3, -0.25) is 0 Å². The maximum Gasteiger partial charge on any atom is 0.105 e. The standard InChI is InChI=1S/C11H10Cl2N2/c12-8-3-4-9(13)11-7(8)6-15-5-1-2-10(15)14-11/h3-4H,1-2,5-6H2. The molecule has 1 aromatic carbocycles. The smallest absolute Gasteiger partial charge is 0.105 e. The van der Waals surface area contributed by atoms with E-state index in [1.165, 1.54) is 6.42 Å². The number of fused-ring (bicyclic) bond motifs is 2. The molecule has 0 radical (unpaired) electrons. The van der Waals surface area contributed by atoms with Gasteiger partial charge in [0.15, 0.2) is 0 Å². The number of amidine groups is 1. The summed E-state index contributed by atoms with van der Waals surface area (Å²) in [5.41, 5.74) is 1.94. The van der Waals surface area contributed by atoms with Gasteiger partial charge in [-0.1, -0.05) is 23.2 Å². The van der Waals surface area contributed by atoms with Crippen molar-refractivity contribution in [3.05, 3.63) is 27.7 Å². The fourth-order valence-electron chi connectivity index (χ4n) is 2.19. The number of hydrogen-bond donors (Lipinski definition) is 0. The van der Waals surface area contributed by atoms with E-state index in [4.69, 9.17) is 23.2 Å². The van der Waals surface area contributed by atoms with Gasteiger partial charge < -0.3 is 4.90 Å². The first-order valence-corrected chi connectivity index (χ1v) is 5.80. The van der Waals surface area contributed by atoms with E-state index in [-0.39, 0.29) is 0 Å². The molecule has 0 bridgehead atoms. The molecule has 0 amide bonds. The van der Waals surface area contributed by atoms with E-state index in [1.54, 1.807) is 0 Å². The fraction of sp³-hybridized carbons (Fsp3) is 0.364. The van der Waals surface area contributed by atoms with Crippen LogP contribution in [0.4, 0.5) is 5.69 Å². The molecule has 0 atom stereocenters. The van der Waals surface area contributed by atoms with Crippen molar-refractivity contribution in [2.24, 2.45) is 4.99 Å². The van der Waals surface area contributed by atoms with Crippen LogP contribution in [0.3, 0.4) is 0 Å². The van der Waals surface area contributed by atoms with Crippen LogP contribution in [-0.4, -0.2) is 17.3 Å². The highest BCUT2D eigenvalue weighted by Crippen LogP contribution is 2.39. The molecule has 1 saturated heterocycles. The predicted molar refractivity (Wildman–Crippen MR) is 63.2 cm³/mol. The molecule has 0 unspecified atom stereocenters. The monoisotopic (exact) mass is 240 g/mol. The van der Waals surface area contributed by atoms with Crippen LogP contribution in [0.5, 0.6) is 0 Å². The van der Waals surface area contributed by atoms with Gasteiger partial charge in [0.05, 0.1) is 10.7 Å². The van der Waals surface area contributed by atoms with Gasteiger partial charge in [0.1, 0.15) is 5.84 Å². The lowest BCUT2D eigenvalue weighted by atomic mass is 10.1. The molecule has 3 rings (SSSR count). The molecular formula is C11H10Cl2N2. The van der Waals surface area contributed by atoms with Gasteiger partial charge in [-0.2, -0.15) is 0 Å². The summed E-state index contributed by atoms with van der Waals surface area (Å²) in [6.45, 7) is 1.94. The van der Waals surface area contributed by atoms with Crippen molar-refractivity contribution in [3.63, 3.8) is 0 Å². The van der Waals surface area contributed by atoms with Crippen LogP contribution in [0.25, 0.3) is 0 Å². The van der Waals surface area contributed by atoms with Crippen LogP contribution in [0.15, 0.2) is 17.1 Å². The SMILES string of the molecule is Clc1ccc(Cl)c2c1CN1CCCC1=N2. The van der Waals surface area contributed by atoms with Crippen molar-refractivity contribution in [2.45, 2.75) is 19.4 Å². The number of rotatable bonds is 0. The molecule has 2 aliphatic heterocycles. The summed E-state index contributed by atoms with van der Waals surface area (Å²) >= 11 is 12.3. The Morgan fingerprint density at radius 2 is 2.00 bits per heavy atom. The van der Waals surface area contributed by atoms with E-state index >= 15 is 0 Å². The number of aliphatic imine (C=N–C) groups is 1. The first-order valence-electron chi connectivity index (χ1n) is 5.05. The first-order chi connectivity index (χ1) is 7.25. The molecule has 15 heavy (non-hydrogen) atoms. The largest absolute Gasteiger partial charge is 0.356 e. The van der Waals surface area contributed by atoms with Crippen LogP contribution >= 0.6 is 23.2 Å². The van der Waals surface area contributed by atoms with Gasteiger partial charge in [-0.05, 0) is 18.6 Å². The summed E-state index contributed by atoms with van der Waals surface area (Å²) < 4.78 is 0. The molecule has 1 fully saturated rings. The molecule has 2 heterocycles. The van der Waals surface area contributed by atoms with Crippen LogP contribution in [-0.2, 0) is 6.54 Å². The summed E-state index contributed by atoms with van der Waals surface area (Å²) in [6.07, 6.45) is 2.24. The number of halogens is 2. The normalized spacial score (nSPS) is 18.5. The molecule has 2 nitrogen and oxygen atoms in total. The van der Waals surface area contributed by atoms with Crippen molar-refractivity contribution in [3.8, 4) is 0 Å². The highest BCUT2D eigenvalue weighted by Gasteiger charge is 2.26. The minimum Gasteiger partial charge on any atom is -0.356 e. The predicted octanol–water partition coefficient (Wildman–Crippen LogP) is 3.63. The second-order valence-electron chi connectivity index (χ2n) is 3.91. The van der Waals surface area contributed by atoms with Crippen LogP contribution in [0, 0.1) is 0 Å². The second-order valence-corrected chi connectivity index (χ2v) is 4.72. The van der Waals surface area contributed by atoms with Gasteiger partial charge in [-0.25, -0.2) is 4.99 Å². The molecule has 0 spiro atoms. The lowest BCUT2D eigenvalue weighted by Crippen LogP contribution is -2.27. The van der Waals surface area contributed by atoms with Gasteiger partial charge in [0.2, 0.25) is 0 Å². The van der Waals surface area contributed by atoms with Crippen molar-refractivity contribution in [1.82, 2.24) is 4.90 Å². The Hall–Kier alpha value is -0.730. The average Bonchev–Trinajstić information content (AvgIpc) is 2.69. The molecule has 0 aliphatic carbocycles. The summed E-state index contributed by atoms with van der Waals surface area (Å²) in [6, 6.07) is 3.66. The molecule has 4 heteroatoms. The van der Waals surface area contributed by atoms with Gasteiger partial charge in [-0.15, -0.1) is 0 Å². The van der Waals surface area contributed by atoms with Crippen molar-refractivity contribution < 1.29 is 0 Å². The summed E-state index contributed by atoms with van der Waals surface area (Å²) in [4.78, 5) is 6.88. The Labute approximate surface area is 98.5 Å². The van der Waals surface area contributed by atoms with Gasteiger partial charge in [0, 0.05) is 30.1 Å². The molecule has 0 aromatic heterocycles. The maximum absolute atomic E-state index is 6.15. The topological polar surface area (TPSA) is 15.6 Å². The van der Waals surface area contributed by atoms with Crippen molar-refractivity contribution >= 4 is 34.7 Å². The minimum atomic E-state index is 0.702. The lowest BCUT2D eigenvalue weighted by Gasteiger charge is -2.25. The van der Waals surface area contributed by atoms with E-state index < -0.39 is 0 Å². The third-order valence-electron chi connectivity index (χ3n) is 2.96. The molecule has 1 aromatic rings. The van der Waals surface area contributed by atoms with E-state index in [0.717, 1.165) is 41.6 Å².